The molecule has 1 amide bonds. The van der Waals surface area contributed by atoms with Gasteiger partial charge in [0.2, 0.25) is 0 Å². The van der Waals surface area contributed by atoms with Crippen molar-refractivity contribution in [2.75, 3.05) is 46.6 Å². The van der Waals surface area contributed by atoms with Gasteiger partial charge in [-0.2, -0.15) is 0 Å². The normalized spacial score (nSPS) is 14.3. The van der Waals surface area contributed by atoms with Gasteiger partial charge in [-0.15, -0.1) is 0 Å². The molecule has 1 aromatic heterocycles. The van der Waals surface area contributed by atoms with Gasteiger partial charge in [-0.3, -0.25) is 14.5 Å². The first-order valence-corrected chi connectivity index (χ1v) is 12.9. The molecule has 1 aliphatic rings. The van der Waals surface area contributed by atoms with Crippen molar-refractivity contribution in [3.05, 3.63) is 95.1 Å². The molecule has 0 aliphatic carbocycles. The lowest BCUT2D eigenvalue weighted by Gasteiger charge is -2.26. The van der Waals surface area contributed by atoms with Crippen LogP contribution in [0, 0.1) is 0 Å². The van der Waals surface area contributed by atoms with Crippen molar-refractivity contribution in [2.24, 2.45) is 4.99 Å². The highest BCUT2D eigenvalue weighted by Crippen LogP contribution is 2.32. The zero-order valence-corrected chi connectivity index (χ0v) is 22.1. The summed E-state index contributed by atoms with van der Waals surface area (Å²) >= 11 is 0. The molecule has 4 aromatic rings. The minimum absolute atomic E-state index is 0.0788. The van der Waals surface area contributed by atoms with E-state index in [4.69, 9.17) is 19.3 Å². The van der Waals surface area contributed by atoms with Crippen molar-refractivity contribution in [2.45, 2.75) is 0 Å². The number of H-pyrrole nitrogens is 1. The number of carbonyl (C=O) groups is 2. The molecular weight excluding hydrogens is 512 g/mol. The maximum Gasteiger partial charge on any atom is 0.337 e. The van der Waals surface area contributed by atoms with E-state index in [0.29, 0.717) is 65.4 Å². The number of aromatic nitrogens is 1. The van der Waals surface area contributed by atoms with Crippen LogP contribution >= 0.6 is 0 Å². The second-order valence-electron chi connectivity index (χ2n) is 9.21. The molecule has 0 spiro atoms. The van der Waals surface area contributed by atoms with Crippen LogP contribution in [0.15, 0.2) is 77.8 Å². The van der Waals surface area contributed by atoms with Gasteiger partial charge in [-0.05, 0) is 36.4 Å². The van der Waals surface area contributed by atoms with E-state index in [1.165, 1.54) is 7.11 Å². The lowest BCUT2D eigenvalue weighted by Crippen LogP contribution is -2.39. The number of aliphatic imine (C=N–C) groups is 1. The number of aromatic hydroxyl groups is 1. The Balaban J connectivity index is 1.36. The minimum Gasteiger partial charge on any atom is -0.494 e. The largest absolute Gasteiger partial charge is 0.494 e. The average Bonchev–Trinajstić information content (AvgIpc) is 3.33. The number of ether oxygens (including phenoxy) is 2. The van der Waals surface area contributed by atoms with E-state index >= 15 is 0 Å². The summed E-state index contributed by atoms with van der Waals surface area (Å²) in [5, 5.41) is 11.6. The van der Waals surface area contributed by atoms with Gasteiger partial charge in [0.1, 0.15) is 0 Å². The maximum atomic E-state index is 12.6. The number of benzene rings is 3. The predicted molar refractivity (Wildman–Crippen MR) is 150 cm³/mol. The smallest absolute Gasteiger partial charge is 0.337 e. The number of hydrogen-bond donors (Lipinski definition) is 3. The molecule has 0 radical (unpaired) electrons. The van der Waals surface area contributed by atoms with E-state index < -0.39 is 5.97 Å². The Morgan fingerprint density at radius 3 is 2.45 bits per heavy atom. The molecule has 1 saturated heterocycles. The summed E-state index contributed by atoms with van der Waals surface area (Å²) in [5.74, 6) is -0.901. The molecule has 0 unspecified atom stereocenters. The Labute approximate surface area is 231 Å². The topological polar surface area (TPSA) is 125 Å². The van der Waals surface area contributed by atoms with E-state index in [1.807, 2.05) is 30.3 Å². The first-order chi connectivity index (χ1) is 19.5. The van der Waals surface area contributed by atoms with E-state index in [2.05, 4.69) is 15.4 Å². The molecule has 40 heavy (non-hydrogen) atoms. The quantitative estimate of drug-likeness (QED) is 0.127. The van der Waals surface area contributed by atoms with Gasteiger partial charge >= 0.3 is 5.97 Å². The van der Waals surface area contributed by atoms with Crippen molar-refractivity contribution < 1.29 is 29.0 Å². The van der Waals surface area contributed by atoms with Crippen LogP contribution in [0.5, 0.6) is 5.88 Å². The van der Waals surface area contributed by atoms with Crippen LogP contribution < -0.4 is 5.48 Å². The molecule has 0 bridgehead atoms. The molecule has 10 nitrogen and oxygen atoms in total. The molecular formula is C30H30N4O6. The van der Waals surface area contributed by atoms with E-state index in [-0.39, 0.29) is 11.8 Å². The fourth-order valence-corrected chi connectivity index (χ4v) is 4.52. The highest BCUT2D eigenvalue weighted by Gasteiger charge is 2.20. The zero-order valence-electron chi connectivity index (χ0n) is 22.1. The van der Waals surface area contributed by atoms with E-state index in [9.17, 15) is 14.7 Å². The molecule has 2 heterocycles. The summed E-state index contributed by atoms with van der Waals surface area (Å²) in [6.45, 7) is 4.23. The first kappa shape index (κ1) is 27.1. The van der Waals surface area contributed by atoms with Crippen LogP contribution in [0.2, 0.25) is 0 Å². The first-order valence-electron chi connectivity index (χ1n) is 12.9. The molecule has 0 saturated carbocycles. The Morgan fingerprint density at radius 1 is 1.00 bits per heavy atom. The van der Waals surface area contributed by atoms with Crippen LogP contribution in [0.1, 0.15) is 31.8 Å². The van der Waals surface area contributed by atoms with Crippen LogP contribution in [0.4, 0.5) is 5.69 Å². The number of esters is 1. The molecule has 3 N–H and O–H groups in total. The molecule has 1 aliphatic heterocycles. The number of aromatic amines is 1. The zero-order chi connectivity index (χ0) is 27.9. The van der Waals surface area contributed by atoms with Crippen LogP contribution in [0.25, 0.3) is 10.9 Å². The van der Waals surface area contributed by atoms with Gasteiger partial charge in [-0.25, -0.2) is 15.3 Å². The molecule has 0 atom stereocenters. The number of nitrogens with zero attached hydrogens (tertiary/aromatic N) is 2. The molecule has 3 aromatic carbocycles. The van der Waals surface area contributed by atoms with Crippen molar-refractivity contribution in [1.82, 2.24) is 15.4 Å². The number of rotatable bonds is 9. The summed E-state index contributed by atoms with van der Waals surface area (Å²) < 4.78 is 10.1. The SMILES string of the molecule is COC(=O)c1ccc2c(C(=Nc3ccc(C(=O)NOCCN4CCOCC4)cc3)c3ccccc3)c(O)[nH]c2c1. The van der Waals surface area contributed by atoms with E-state index in [0.717, 1.165) is 18.7 Å². The molecule has 1 fully saturated rings. The number of methoxy groups -OCH3 is 1. The van der Waals surface area contributed by atoms with Gasteiger partial charge < -0.3 is 19.6 Å². The van der Waals surface area contributed by atoms with Gasteiger partial charge in [0.25, 0.3) is 5.91 Å². The third-order valence-electron chi connectivity index (χ3n) is 6.63. The number of morpholine rings is 1. The number of amides is 1. The Hall–Kier alpha value is -4.51. The fourth-order valence-electron chi connectivity index (χ4n) is 4.52. The van der Waals surface area contributed by atoms with Crippen molar-refractivity contribution in [3.8, 4) is 5.88 Å². The van der Waals surface area contributed by atoms with Crippen LogP contribution in [-0.2, 0) is 14.3 Å². The third-order valence-corrected chi connectivity index (χ3v) is 6.63. The Morgan fingerprint density at radius 2 is 1.73 bits per heavy atom. The lowest BCUT2D eigenvalue weighted by atomic mass is 10.00. The summed E-state index contributed by atoms with van der Waals surface area (Å²) in [5.41, 5.74) is 6.24. The molecule has 5 rings (SSSR count). The number of nitrogens with one attached hydrogen (secondary N) is 2. The standard InChI is InChI=1S/C30H30N4O6/c1-38-30(37)22-9-12-24-25(19-22)32-29(36)26(24)27(20-5-3-2-4-6-20)31-23-10-7-21(8-11-23)28(35)33-40-18-15-34-13-16-39-17-14-34/h2-12,19,32,36H,13-18H2,1H3,(H,33,35). The van der Waals surface area contributed by atoms with Crippen LogP contribution in [0.3, 0.4) is 0 Å². The van der Waals surface area contributed by atoms with Gasteiger partial charge in [-0.1, -0.05) is 36.4 Å². The number of hydroxylamine groups is 1. The highest BCUT2D eigenvalue weighted by molar-refractivity contribution is 6.22. The second kappa shape index (κ2) is 12.6. The molecule has 206 valence electrons. The predicted octanol–water partition coefficient (Wildman–Crippen LogP) is 3.82. The fraction of sp³-hybridized carbons (Fsp3) is 0.233. The summed E-state index contributed by atoms with van der Waals surface area (Å²) in [4.78, 5) is 39.9. The monoisotopic (exact) mass is 542 g/mol. The summed E-state index contributed by atoms with van der Waals surface area (Å²) in [7, 11) is 1.32. The van der Waals surface area contributed by atoms with Gasteiger partial charge in [0.15, 0.2) is 5.88 Å². The van der Waals surface area contributed by atoms with Gasteiger partial charge in [0, 0.05) is 41.7 Å². The van der Waals surface area contributed by atoms with Crippen molar-refractivity contribution >= 4 is 34.2 Å². The van der Waals surface area contributed by atoms with E-state index in [1.54, 1.807) is 42.5 Å². The lowest BCUT2D eigenvalue weighted by molar-refractivity contribution is -0.00176. The number of fused-ring (bicyclic) bond motifs is 1. The van der Waals surface area contributed by atoms with Crippen molar-refractivity contribution in [3.63, 3.8) is 0 Å². The maximum absolute atomic E-state index is 12.6. The number of hydrogen-bond acceptors (Lipinski definition) is 8. The van der Waals surface area contributed by atoms with Crippen molar-refractivity contribution in [1.29, 1.82) is 0 Å². The van der Waals surface area contributed by atoms with Gasteiger partial charge in [0.05, 0.1) is 49.5 Å². The van der Waals surface area contributed by atoms with Crippen LogP contribution in [-0.4, -0.2) is 79.1 Å². The minimum atomic E-state index is -0.471. The Kier molecular flexibility index (Phi) is 8.50. The second-order valence-corrected chi connectivity index (χ2v) is 9.21. The highest BCUT2D eigenvalue weighted by atomic mass is 16.7. The molecule has 10 heteroatoms. The summed E-state index contributed by atoms with van der Waals surface area (Å²) in [6, 6.07) is 21.3. The third kappa shape index (κ3) is 6.20. The average molecular weight is 543 g/mol. The number of carbonyl (C=O) groups excluding carboxylic acids is 2. The Bertz CT molecular complexity index is 1510. The summed E-state index contributed by atoms with van der Waals surface area (Å²) in [6.07, 6.45) is 0.